The van der Waals surface area contributed by atoms with Crippen LogP contribution in [0.15, 0.2) is 60.9 Å². The number of hydrogen-bond acceptors (Lipinski definition) is 4. The lowest BCUT2D eigenvalue weighted by Crippen LogP contribution is -2.35. The third kappa shape index (κ3) is 6.08. The van der Waals surface area contributed by atoms with Gasteiger partial charge >= 0.3 is 0 Å². The van der Waals surface area contributed by atoms with Gasteiger partial charge in [-0.2, -0.15) is 0 Å². The molecule has 6 nitrogen and oxygen atoms in total. The number of fused-ring (bicyclic) bond motifs is 1. The van der Waals surface area contributed by atoms with Crippen LogP contribution in [-0.4, -0.2) is 21.9 Å². The number of aryl methyl sites for hydroxylation is 1. The molecule has 2 N–H and O–H groups in total. The Morgan fingerprint density at radius 3 is 2.21 bits per heavy atom. The van der Waals surface area contributed by atoms with E-state index in [0.717, 1.165) is 16.3 Å². The number of pyridine rings is 1. The molecule has 1 fully saturated rings. The minimum absolute atomic E-state index is 0.0606. The number of hydrogen-bond donors (Lipinski definition) is 2. The summed E-state index contributed by atoms with van der Waals surface area (Å²) in [6.07, 6.45) is 11.3. The first-order valence-corrected chi connectivity index (χ1v) is 9.09. The molecule has 2 heterocycles. The normalized spacial score (nSPS) is 11.8. The van der Waals surface area contributed by atoms with Crippen molar-refractivity contribution < 1.29 is 14.7 Å². The van der Waals surface area contributed by atoms with Crippen molar-refractivity contribution in [2.75, 3.05) is 5.01 Å². The van der Waals surface area contributed by atoms with Crippen LogP contribution in [-0.2, 0) is 9.59 Å². The predicted molar refractivity (Wildman–Crippen MR) is 116 cm³/mol. The molecule has 0 spiro atoms. The first-order chi connectivity index (χ1) is 14.1. The second-order valence-corrected chi connectivity index (χ2v) is 5.60. The van der Waals surface area contributed by atoms with Gasteiger partial charge in [-0.05, 0) is 42.1 Å². The zero-order valence-corrected chi connectivity index (χ0v) is 16.8. The van der Waals surface area contributed by atoms with Crippen LogP contribution in [0, 0.1) is 19.8 Å². The molecule has 29 heavy (non-hydrogen) atoms. The van der Waals surface area contributed by atoms with E-state index in [9.17, 15) is 14.7 Å². The average molecular weight is 391 g/mol. The molecule has 0 unspecified atom stereocenters. The highest BCUT2D eigenvalue weighted by molar-refractivity contribution is 6.11. The minimum atomic E-state index is -0.256. The van der Waals surface area contributed by atoms with Crippen LogP contribution >= 0.6 is 0 Å². The zero-order valence-electron chi connectivity index (χ0n) is 16.8. The molecule has 3 aromatic rings. The van der Waals surface area contributed by atoms with Gasteiger partial charge in [0.15, 0.2) is 0 Å². The SMILES string of the molecule is C#C.CC.Cc1ccc(O)c2cnccc12.O=C1CC(=O)N(c2ccccc2)N1. The molecule has 0 atom stereocenters. The molecule has 2 aromatic carbocycles. The van der Waals surface area contributed by atoms with E-state index < -0.39 is 0 Å². The fourth-order valence-electron chi connectivity index (χ4n) is 2.55. The summed E-state index contributed by atoms with van der Waals surface area (Å²) in [7, 11) is 0. The van der Waals surface area contributed by atoms with Crippen LogP contribution in [0.25, 0.3) is 10.8 Å². The Kier molecular flexibility index (Phi) is 9.42. The molecule has 1 aliphatic heterocycles. The summed E-state index contributed by atoms with van der Waals surface area (Å²) in [4.78, 5) is 26.0. The fourth-order valence-corrected chi connectivity index (χ4v) is 2.55. The Morgan fingerprint density at radius 1 is 1.00 bits per heavy atom. The van der Waals surface area contributed by atoms with Crippen LogP contribution in [0.4, 0.5) is 5.69 Å². The van der Waals surface area contributed by atoms with Gasteiger partial charge in [-0.3, -0.25) is 20.0 Å². The molecular formula is C23H25N3O3. The first-order valence-electron chi connectivity index (χ1n) is 9.09. The van der Waals surface area contributed by atoms with Gasteiger partial charge in [0.2, 0.25) is 5.91 Å². The number of phenolic OH excluding ortho intramolecular Hbond substituents is 1. The van der Waals surface area contributed by atoms with Crippen molar-refractivity contribution in [1.29, 1.82) is 0 Å². The maximum Gasteiger partial charge on any atom is 0.255 e. The number of amides is 2. The fraction of sp³-hybridized carbons (Fsp3) is 0.174. The number of nitrogens with one attached hydrogen (secondary N) is 1. The lowest BCUT2D eigenvalue weighted by molar-refractivity contribution is -0.122. The Bertz CT molecular complexity index is 928. The summed E-state index contributed by atoms with van der Waals surface area (Å²) in [6, 6.07) is 14.5. The summed E-state index contributed by atoms with van der Waals surface area (Å²) < 4.78 is 0. The summed E-state index contributed by atoms with van der Waals surface area (Å²) in [5, 5.41) is 12.6. The van der Waals surface area contributed by atoms with Crippen molar-refractivity contribution in [3.05, 3.63) is 66.5 Å². The molecule has 1 saturated heterocycles. The van der Waals surface area contributed by atoms with Crippen molar-refractivity contribution in [3.8, 4) is 18.6 Å². The first kappa shape index (κ1) is 23.2. The second kappa shape index (κ2) is 11.8. The Balaban J connectivity index is 0.000000248. The number of carbonyl (C=O) groups is 2. The number of phenols is 1. The number of para-hydroxylation sites is 1. The van der Waals surface area contributed by atoms with E-state index in [2.05, 4.69) is 23.3 Å². The smallest absolute Gasteiger partial charge is 0.255 e. The molecule has 4 rings (SSSR count). The van der Waals surface area contributed by atoms with Crippen molar-refractivity contribution in [3.63, 3.8) is 0 Å². The van der Waals surface area contributed by atoms with Gasteiger partial charge in [-0.25, -0.2) is 5.01 Å². The Hall–Kier alpha value is -3.85. The molecule has 0 saturated carbocycles. The maximum absolute atomic E-state index is 11.2. The lowest BCUT2D eigenvalue weighted by Gasteiger charge is -2.14. The Morgan fingerprint density at radius 2 is 1.66 bits per heavy atom. The Labute approximate surface area is 171 Å². The summed E-state index contributed by atoms with van der Waals surface area (Å²) in [6.45, 7) is 6.02. The maximum atomic E-state index is 11.2. The molecule has 0 aliphatic carbocycles. The van der Waals surface area contributed by atoms with Crippen molar-refractivity contribution in [2.45, 2.75) is 27.2 Å². The van der Waals surface area contributed by atoms with Crippen molar-refractivity contribution in [1.82, 2.24) is 10.4 Å². The van der Waals surface area contributed by atoms with E-state index in [1.165, 1.54) is 5.01 Å². The largest absolute Gasteiger partial charge is 0.507 e. The van der Waals surface area contributed by atoms with Crippen LogP contribution in [0.1, 0.15) is 25.8 Å². The molecule has 2 amide bonds. The van der Waals surface area contributed by atoms with Crippen molar-refractivity contribution >= 4 is 28.3 Å². The van der Waals surface area contributed by atoms with Crippen LogP contribution in [0.3, 0.4) is 0 Å². The lowest BCUT2D eigenvalue weighted by atomic mass is 10.1. The molecule has 1 aliphatic rings. The number of nitrogens with zero attached hydrogens (tertiary/aromatic N) is 2. The zero-order chi connectivity index (χ0) is 21.8. The number of aromatic hydroxyl groups is 1. The molecule has 1 aromatic heterocycles. The van der Waals surface area contributed by atoms with Gasteiger partial charge in [-0.15, -0.1) is 12.8 Å². The highest BCUT2D eigenvalue weighted by Crippen LogP contribution is 2.25. The van der Waals surface area contributed by atoms with E-state index in [-0.39, 0.29) is 18.2 Å². The third-order valence-corrected chi connectivity index (χ3v) is 3.83. The van der Waals surface area contributed by atoms with Gasteiger partial charge in [-0.1, -0.05) is 38.1 Å². The van der Waals surface area contributed by atoms with Crippen LogP contribution < -0.4 is 10.4 Å². The number of aromatic nitrogens is 1. The number of benzene rings is 2. The molecule has 150 valence electrons. The quantitative estimate of drug-likeness (QED) is 0.486. The summed E-state index contributed by atoms with van der Waals surface area (Å²) in [5.41, 5.74) is 4.32. The highest BCUT2D eigenvalue weighted by Gasteiger charge is 2.27. The number of carbonyl (C=O) groups excluding carboxylic acids is 2. The number of rotatable bonds is 1. The van der Waals surface area contributed by atoms with E-state index in [1.54, 1.807) is 30.6 Å². The van der Waals surface area contributed by atoms with Gasteiger partial charge in [0.1, 0.15) is 12.2 Å². The van der Waals surface area contributed by atoms with Gasteiger partial charge in [0.05, 0.1) is 5.69 Å². The topological polar surface area (TPSA) is 82.5 Å². The summed E-state index contributed by atoms with van der Waals surface area (Å²) >= 11 is 0. The average Bonchev–Trinajstić information content (AvgIpc) is 3.13. The van der Waals surface area contributed by atoms with E-state index in [0.29, 0.717) is 11.4 Å². The van der Waals surface area contributed by atoms with Gasteiger partial charge in [0.25, 0.3) is 5.91 Å². The monoisotopic (exact) mass is 391 g/mol. The van der Waals surface area contributed by atoms with E-state index in [1.807, 2.05) is 51.1 Å². The minimum Gasteiger partial charge on any atom is -0.507 e. The summed E-state index contributed by atoms with van der Waals surface area (Å²) in [5.74, 6) is -0.172. The second-order valence-electron chi connectivity index (χ2n) is 5.60. The van der Waals surface area contributed by atoms with Crippen LogP contribution in [0.5, 0.6) is 5.75 Å². The number of hydrazine groups is 1. The molecule has 6 heteroatoms. The van der Waals surface area contributed by atoms with E-state index >= 15 is 0 Å². The van der Waals surface area contributed by atoms with Crippen LogP contribution in [0.2, 0.25) is 0 Å². The van der Waals surface area contributed by atoms with Gasteiger partial charge < -0.3 is 5.11 Å². The molecule has 0 radical (unpaired) electrons. The standard InChI is InChI=1S/C10H9NO.C9H8N2O2.C2H6.C2H2/c1-7-2-3-10(12)9-6-11-5-4-8(7)9;12-8-6-9(13)11(10-8)7-4-2-1-3-5-7;2*1-2/h2-6,12H,1H3;1-5H,6H2,(H,10,12);1-2H3;1-2H. The van der Waals surface area contributed by atoms with Crippen molar-refractivity contribution in [2.24, 2.45) is 0 Å². The van der Waals surface area contributed by atoms with Gasteiger partial charge in [0, 0.05) is 17.8 Å². The predicted octanol–water partition coefficient (Wildman–Crippen LogP) is 3.98. The third-order valence-electron chi connectivity index (χ3n) is 3.83. The molecular weight excluding hydrogens is 366 g/mol. The number of anilines is 1. The van der Waals surface area contributed by atoms with E-state index in [4.69, 9.17) is 0 Å². The number of terminal acetylenes is 1. The molecule has 0 bridgehead atoms. The highest BCUT2D eigenvalue weighted by atomic mass is 16.3.